The van der Waals surface area contributed by atoms with Crippen molar-refractivity contribution < 1.29 is 4.79 Å². The number of fused-ring (bicyclic) bond motifs is 2. The highest BCUT2D eigenvalue weighted by Gasteiger charge is 2.22. The maximum absolute atomic E-state index is 12.5. The van der Waals surface area contributed by atoms with E-state index < -0.39 is 0 Å². The van der Waals surface area contributed by atoms with Crippen molar-refractivity contribution >= 4 is 33.5 Å². The van der Waals surface area contributed by atoms with E-state index in [9.17, 15) is 4.79 Å². The third-order valence-corrected chi connectivity index (χ3v) is 6.27. The van der Waals surface area contributed by atoms with Gasteiger partial charge in [0.05, 0.1) is 17.6 Å². The molecule has 0 radical (unpaired) electrons. The van der Waals surface area contributed by atoms with Gasteiger partial charge in [-0.1, -0.05) is 31.0 Å². The zero-order valence-corrected chi connectivity index (χ0v) is 17.4. The van der Waals surface area contributed by atoms with Crippen molar-refractivity contribution in [1.82, 2.24) is 25.1 Å². The van der Waals surface area contributed by atoms with Crippen LogP contribution in [0.5, 0.6) is 0 Å². The molecule has 1 saturated carbocycles. The SMILES string of the molecule is O=C(Nc1cncc(-c2cnc3[nH]nc(-c4cc5ccccc5[nH]4)c3c2)c1)C1CCCC1. The summed E-state index contributed by atoms with van der Waals surface area (Å²) in [7, 11) is 0. The Bertz CT molecular complexity index is 1410. The van der Waals surface area contributed by atoms with E-state index in [0.717, 1.165) is 70.1 Å². The van der Waals surface area contributed by atoms with Gasteiger partial charge in [0, 0.05) is 45.7 Å². The molecule has 7 nitrogen and oxygen atoms in total. The monoisotopic (exact) mass is 422 g/mol. The number of aromatic nitrogens is 5. The fourth-order valence-electron chi connectivity index (χ4n) is 4.57. The van der Waals surface area contributed by atoms with Gasteiger partial charge in [-0.2, -0.15) is 5.10 Å². The topological polar surface area (TPSA) is 99.3 Å². The third-order valence-electron chi connectivity index (χ3n) is 6.27. The predicted octanol–water partition coefficient (Wildman–Crippen LogP) is 5.30. The van der Waals surface area contributed by atoms with Crippen molar-refractivity contribution in [3.63, 3.8) is 0 Å². The van der Waals surface area contributed by atoms with Crippen LogP contribution in [-0.2, 0) is 4.79 Å². The summed E-state index contributed by atoms with van der Waals surface area (Å²) in [6.45, 7) is 0. The van der Waals surface area contributed by atoms with Crippen LogP contribution < -0.4 is 5.32 Å². The van der Waals surface area contributed by atoms with Gasteiger partial charge in [0.2, 0.25) is 5.91 Å². The molecule has 0 spiro atoms. The number of amides is 1. The number of para-hydroxylation sites is 1. The molecular formula is C25H22N6O. The molecule has 32 heavy (non-hydrogen) atoms. The van der Waals surface area contributed by atoms with Crippen molar-refractivity contribution in [1.29, 1.82) is 0 Å². The molecule has 4 aromatic heterocycles. The fourth-order valence-corrected chi connectivity index (χ4v) is 4.57. The molecule has 1 aliphatic carbocycles. The molecule has 0 bridgehead atoms. The minimum atomic E-state index is 0.0889. The number of rotatable bonds is 4. The molecule has 0 saturated heterocycles. The molecule has 7 heteroatoms. The van der Waals surface area contributed by atoms with E-state index in [4.69, 9.17) is 0 Å². The fraction of sp³-hybridized carbons (Fsp3) is 0.200. The Morgan fingerprint density at radius 1 is 1.00 bits per heavy atom. The van der Waals surface area contributed by atoms with Gasteiger partial charge < -0.3 is 10.3 Å². The zero-order valence-electron chi connectivity index (χ0n) is 17.4. The molecule has 0 atom stereocenters. The number of hydrogen-bond donors (Lipinski definition) is 3. The standard InChI is InChI=1S/C25H22N6O/c32-25(15-5-1-2-6-15)28-19-9-17(12-26-14-19)18-10-20-23(30-31-24(20)27-13-18)22-11-16-7-3-4-8-21(16)29-22/h3-4,7-15,29H,1-2,5-6H2,(H,28,32)(H,27,30,31). The summed E-state index contributed by atoms with van der Waals surface area (Å²) in [5.41, 5.74) is 6.07. The first-order valence-corrected chi connectivity index (χ1v) is 10.9. The lowest BCUT2D eigenvalue weighted by molar-refractivity contribution is -0.119. The Kier molecular flexibility index (Phi) is 4.45. The van der Waals surface area contributed by atoms with Crippen LogP contribution in [0.1, 0.15) is 25.7 Å². The van der Waals surface area contributed by atoms with Crippen LogP contribution in [0, 0.1) is 5.92 Å². The van der Waals surface area contributed by atoms with Crippen LogP contribution in [0.4, 0.5) is 5.69 Å². The van der Waals surface area contributed by atoms with Crippen LogP contribution in [0.3, 0.4) is 0 Å². The van der Waals surface area contributed by atoms with E-state index in [2.05, 4.69) is 48.7 Å². The Hall–Kier alpha value is -4.00. The normalized spacial score (nSPS) is 14.4. The average molecular weight is 422 g/mol. The van der Waals surface area contributed by atoms with Crippen molar-refractivity contribution in [2.24, 2.45) is 5.92 Å². The molecule has 5 aromatic rings. The molecule has 3 N–H and O–H groups in total. The lowest BCUT2D eigenvalue weighted by Crippen LogP contribution is -2.20. The van der Waals surface area contributed by atoms with Crippen LogP contribution in [0.2, 0.25) is 0 Å². The van der Waals surface area contributed by atoms with Crippen LogP contribution in [0.25, 0.3) is 44.5 Å². The summed E-state index contributed by atoms with van der Waals surface area (Å²) in [4.78, 5) is 24.9. The lowest BCUT2D eigenvalue weighted by atomic mass is 10.1. The zero-order chi connectivity index (χ0) is 21.5. The first kappa shape index (κ1) is 18.7. The smallest absolute Gasteiger partial charge is 0.227 e. The van der Waals surface area contributed by atoms with Gasteiger partial charge in [0.15, 0.2) is 5.65 Å². The van der Waals surface area contributed by atoms with Gasteiger partial charge in [0.1, 0.15) is 5.69 Å². The summed E-state index contributed by atoms with van der Waals surface area (Å²) in [5.74, 6) is 0.201. The van der Waals surface area contributed by atoms with Crippen molar-refractivity contribution in [2.45, 2.75) is 25.7 Å². The molecular weight excluding hydrogens is 400 g/mol. The number of pyridine rings is 2. The molecule has 6 rings (SSSR count). The Morgan fingerprint density at radius 2 is 1.84 bits per heavy atom. The maximum Gasteiger partial charge on any atom is 0.227 e. The molecule has 1 aromatic carbocycles. The number of carbonyl (C=O) groups excluding carboxylic acids is 1. The molecule has 4 heterocycles. The largest absolute Gasteiger partial charge is 0.353 e. The second-order valence-corrected chi connectivity index (χ2v) is 8.40. The summed E-state index contributed by atoms with van der Waals surface area (Å²) >= 11 is 0. The second-order valence-electron chi connectivity index (χ2n) is 8.40. The summed E-state index contributed by atoms with van der Waals surface area (Å²) in [6.07, 6.45) is 9.48. The van der Waals surface area contributed by atoms with E-state index in [0.29, 0.717) is 5.69 Å². The number of carbonyl (C=O) groups is 1. The lowest BCUT2D eigenvalue weighted by Gasteiger charge is -2.11. The van der Waals surface area contributed by atoms with Gasteiger partial charge in [-0.05, 0) is 37.1 Å². The van der Waals surface area contributed by atoms with E-state index >= 15 is 0 Å². The van der Waals surface area contributed by atoms with Gasteiger partial charge >= 0.3 is 0 Å². The summed E-state index contributed by atoms with van der Waals surface area (Å²) < 4.78 is 0. The number of nitrogens with zero attached hydrogens (tertiary/aromatic N) is 3. The molecule has 158 valence electrons. The summed E-state index contributed by atoms with van der Waals surface area (Å²) in [5, 5.41) is 12.6. The highest BCUT2D eigenvalue weighted by molar-refractivity contribution is 5.96. The Labute approximate surface area is 184 Å². The quantitative estimate of drug-likeness (QED) is 0.366. The third kappa shape index (κ3) is 3.32. The van der Waals surface area contributed by atoms with Gasteiger partial charge in [-0.25, -0.2) is 4.98 Å². The van der Waals surface area contributed by atoms with E-state index in [1.807, 2.05) is 24.3 Å². The Morgan fingerprint density at radius 3 is 2.72 bits per heavy atom. The first-order chi connectivity index (χ1) is 15.7. The highest BCUT2D eigenvalue weighted by atomic mass is 16.1. The van der Waals surface area contributed by atoms with E-state index in [-0.39, 0.29) is 11.8 Å². The van der Waals surface area contributed by atoms with Crippen molar-refractivity contribution in [3.8, 4) is 22.5 Å². The van der Waals surface area contributed by atoms with Crippen LogP contribution in [-0.4, -0.2) is 31.1 Å². The molecule has 0 unspecified atom stereocenters. The number of nitrogens with one attached hydrogen (secondary N) is 3. The van der Waals surface area contributed by atoms with Crippen LogP contribution in [0.15, 0.2) is 61.1 Å². The minimum Gasteiger partial charge on any atom is -0.353 e. The minimum absolute atomic E-state index is 0.0889. The molecule has 0 aliphatic heterocycles. The highest BCUT2D eigenvalue weighted by Crippen LogP contribution is 2.31. The van der Waals surface area contributed by atoms with Gasteiger partial charge in [-0.15, -0.1) is 0 Å². The van der Waals surface area contributed by atoms with Gasteiger partial charge in [-0.3, -0.25) is 14.9 Å². The summed E-state index contributed by atoms with van der Waals surface area (Å²) in [6, 6.07) is 14.3. The number of hydrogen-bond acceptors (Lipinski definition) is 4. The molecule has 1 fully saturated rings. The van der Waals surface area contributed by atoms with Crippen molar-refractivity contribution in [3.05, 3.63) is 61.1 Å². The number of benzene rings is 1. The predicted molar refractivity (Wildman–Crippen MR) is 125 cm³/mol. The van der Waals surface area contributed by atoms with E-state index in [1.165, 1.54) is 0 Å². The van der Waals surface area contributed by atoms with Crippen LogP contribution >= 0.6 is 0 Å². The molecule has 1 aliphatic rings. The van der Waals surface area contributed by atoms with Gasteiger partial charge in [0.25, 0.3) is 0 Å². The number of anilines is 1. The van der Waals surface area contributed by atoms with E-state index in [1.54, 1.807) is 18.6 Å². The number of H-pyrrole nitrogens is 2. The first-order valence-electron chi connectivity index (χ1n) is 10.9. The molecule has 1 amide bonds. The van der Waals surface area contributed by atoms with Crippen molar-refractivity contribution in [2.75, 3.05) is 5.32 Å². The maximum atomic E-state index is 12.5. The second kappa shape index (κ2) is 7.60. The average Bonchev–Trinajstić information content (AvgIpc) is 3.58. The number of aromatic amines is 2. The Balaban J connectivity index is 1.35.